The largest absolute Gasteiger partial charge is 0.466 e. The predicted molar refractivity (Wildman–Crippen MR) is 94.6 cm³/mol. The molecule has 2 rings (SSSR count). The number of esters is 1. The minimum Gasteiger partial charge on any atom is -0.466 e. The predicted octanol–water partition coefficient (Wildman–Crippen LogP) is 4.39. The van der Waals surface area contributed by atoms with E-state index in [4.69, 9.17) is 4.74 Å². The number of hydrogen-bond acceptors (Lipinski definition) is 3. The van der Waals surface area contributed by atoms with Gasteiger partial charge in [-0.15, -0.1) is 0 Å². The monoisotopic (exact) mass is 383 g/mol. The molecular weight excluding hydrogens is 359 g/mol. The summed E-state index contributed by atoms with van der Waals surface area (Å²) in [5.74, 6) is -5.79. The molecule has 1 aromatic carbocycles. The number of hydrogen-bond donors (Lipinski definition) is 0. The minimum atomic E-state index is -1.68. The van der Waals surface area contributed by atoms with Crippen LogP contribution in [0.4, 0.5) is 13.2 Å². The van der Waals surface area contributed by atoms with Crippen LogP contribution in [-0.2, 0) is 9.53 Å². The standard InChI is InChI=1S/C20H24F3NO3/c1-2-27-17(25)11-13-24(12-10-14-6-4-3-5-7-14)20(26)15-8-9-16(21)19(23)18(15)22/h6,8-9H,2-5,7,10-13H2,1H3. The Balaban J connectivity index is 2.14. The summed E-state index contributed by atoms with van der Waals surface area (Å²) >= 11 is 0. The zero-order chi connectivity index (χ0) is 19.8. The van der Waals surface area contributed by atoms with Crippen LogP contribution in [0.15, 0.2) is 23.8 Å². The number of carbonyl (C=O) groups is 2. The molecule has 0 atom stereocenters. The molecule has 148 valence electrons. The molecule has 1 amide bonds. The maximum atomic E-state index is 14.0. The molecule has 0 bridgehead atoms. The van der Waals surface area contributed by atoms with Gasteiger partial charge in [0.05, 0.1) is 18.6 Å². The summed E-state index contributed by atoms with van der Waals surface area (Å²) in [4.78, 5) is 25.6. The van der Waals surface area contributed by atoms with Gasteiger partial charge in [0.1, 0.15) is 0 Å². The lowest BCUT2D eigenvalue weighted by atomic mass is 9.97. The van der Waals surface area contributed by atoms with E-state index in [1.54, 1.807) is 6.92 Å². The Bertz CT molecular complexity index is 719. The first-order valence-corrected chi connectivity index (χ1v) is 9.20. The van der Waals surface area contributed by atoms with E-state index in [9.17, 15) is 22.8 Å². The van der Waals surface area contributed by atoms with Crippen molar-refractivity contribution < 1.29 is 27.5 Å². The summed E-state index contributed by atoms with van der Waals surface area (Å²) in [6.07, 6.45) is 6.83. The van der Waals surface area contributed by atoms with Crippen LogP contribution in [0.25, 0.3) is 0 Å². The summed E-state index contributed by atoms with van der Waals surface area (Å²) in [7, 11) is 0. The molecule has 7 heteroatoms. The highest BCUT2D eigenvalue weighted by Gasteiger charge is 2.24. The molecule has 0 heterocycles. The van der Waals surface area contributed by atoms with Crippen LogP contribution in [-0.4, -0.2) is 36.5 Å². The number of amides is 1. The van der Waals surface area contributed by atoms with Crippen molar-refractivity contribution in [3.8, 4) is 0 Å². The second kappa shape index (κ2) is 10.1. The summed E-state index contributed by atoms with van der Waals surface area (Å²) in [5.41, 5.74) is 0.663. The van der Waals surface area contributed by atoms with E-state index in [0.717, 1.165) is 37.8 Å². The van der Waals surface area contributed by atoms with Crippen molar-refractivity contribution in [1.29, 1.82) is 0 Å². The van der Waals surface area contributed by atoms with Crippen molar-refractivity contribution in [1.82, 2.24) is 4.90 Å². The second-order valence-corrected chi connectivity index (χ2v) is 6.43. The molecule has 0 aliphatic heterocycles. The third kappa shape index (κ3) is 5.84. The molecule has 1 aliphatic rings. The smallest absolute Gasteiger partial charge is 0.307 e. The molecule has 0 radical (unpaired) electrons. The Morgan fingerprint density at radius 1 is 1.11 bits per heavy atom. The van der Waals surface area contributed by atoms with Gasteiger partial charge in [-0.05, 0) is 51.2 Å². The van der Waals surface area contributed by atoms with Crippen LogP contribution in [0, 0.1) is 17.5 Å². The van der Waals surface area contributed by atoms with Gasteiger partial charge in [-0.1, -0.05) is 11.6 Å². The summed E-state index contributed by atoms with van der Waals surface area (Å²) in [6, 6.07) is 1.64. The minimum absolute atomic E-state index is 0.0172. The third-order valence-corrected chi connectivity index (χ3v) is 4.53. The fourth-order valence-corrected chi connectivity index (χ4v) is 3.05. The van der Waals surface area contributed by atoms with Crippen molar-refractivity contribution in [3.05, 3.63) is 46.8 Å². The van der Waals surface area contributed by atoms with Gasteiger partial charge in [0.2, 0.25) is 0 Å². The highest BCUT2D eigenvalue weighted by molar-refractivity contribution is 5.94. The molecule has 1 aliphatic carbocycles. The number of nitrogens with zero attached hydrogens (tertiary/aromatic N) is 1. The lowest BCUT2D eigenvalue weighted by Crippen LogP contribution is -2.35. The summed E-state index contributed by atoms with van der Waals surface area (Å²) in [6.45, 7) is 2.18. The fraction of sp³-hybridized carbons (Fsp3) is 0.500. The number of halogens is 3. The Hall–Kier alpha value is -2.31. The van der Waals surface area contributed by atoms with E-state index < -0.39 is 34.9 Å². The highest BCUT2D eigenvalue weighted by atomic mass is 19.2. The molecule has 0 N–H and O–H groups in total. The van der Waals surface area contributed by atoms with Crippen LogP contribution in [0.1, 0.15) is 55.8 Å². The molecule has 0 aromatic heterocycles. The molecule has 4 nitrogen and oxygen atoms in total. The maximum Gasteiger partial charge on any atom is 0.307 e. The van der Waals surface area contributed by atoms with Crippen molar-refractivity contribution >= 4 is 11.9 Å². The van der Waals surface area contributed by atoms with Gasteiger partial charge < -0.3 is 9.64 Å². The van der Waals surface area contributed by atoms with E-state index in [1.807, 2.05) is 0 Å². The molecule has 0 spiro atoms. The lowest BCUT2D eigenvalue weighted by molar-refractivity contribution is -0.143. The van der Waals surface area contributed by atoms with Crippen LogP contribution in [0.5, 0.6) is 0 Å². The fourth-order valence-electron chi connectivity index (χ4n) is 3.05. The number of ether oxygens (including phenoxy) is 1. The number of allylic oxidation sites excluding steroid dienone is 1. The third-order valence-electron chi connectivity index (χ3n) is 4.53. The first-order chi connectivity index (χ1) is 12.9. The van der Waals surface area contributed by atoms with Gasteiger partial charge >= 0.3 is 5.97 Å². The van der Waals surface area contributed by atoms with Gasteiger partial charge in [0.25, 0.3) is 5.91 Å². The number of rotatable bonds is 8. The molecule has 0 fully saturated rings. The second-order valence-electron chi connectivity index (χ2n) is 6.43. The molecular formula is C20H24F3NO3. The zero-order valence-electron chi connectivity index (χ0n) is 15.4. The molecule has 1 aromatic rings. The van der Waals surface area contributed by atoms with E-state index in [0.29, 0.717) is 6.42 Å². The van der Waals surface area contributed by atoms with Crippen molar-refractivity contribution in [2.45, 2.75) is 45.4 Å². The Morgan fingerprint density at radius 3 is 2.56 bits per heavy atom. The van der Waals surface area contributed by atoms with Gasteiger partial charge in [-0.25, -0.2) is 13.2 Å². The first kappa shape index (κ1) is 21.0. The van der Waals surface area contributed by atoms with Gasteiger partial charge in [0, 0.05) is 13.1 Å². The van der Waals surface area contributed by atoms with E-state index in [1.165, 1.54) is 10.5 Å². The van der Waals surface area contributed by atoms with Crippen LogP contribution in [0.3, 0.4) is 0 Å². The van der Waals surface area contributed by atoms with Crippen LogP contribution < -0.4 is 0 Å². The van der Waals surface area contributed by atoms with Crippen molar-refractivity contribution in [2.24, 2.45) is 0 Å². The maximum absolute atomic E-state index is 14.0. The van der Waals surface area contributed by atoms with Crippen LogP contribution in [0.2, 0.25) is 0 Å². The Kier molecular flexibility index (Phi) is 7.88. The normalized spacial score (nSPS) is 13.9. The Labute approximate surface area is 157 Å². The van der Waals surface area contributed by atoms with E-state index in [2.05, 4.69) is 6.08 Å². The molecule has 0 unspecified atom stereocenters. The zero-order valence-corrected chi connectivity index (χ0v) is 15.4. The van der Waals surface area contributed by atoms with E-state index in [-0.39, 0.29) is 26.1 Å². The van der Waals surface area contributed by atoms with Gasteiger partial charge in [0.15, 0.2) is 17.5 Å². The first-order valence-electron chi connectivity index (χ1n) is 9.20. The molecule has 0 saturated heterocycles. The Morgan fingerprint density at radius 2 is 1.89 bits per heavy atom. The lowest BCUT2D eigenvalue weighted by Gasteiger charge is -2.24. The number of benzene rings is 1. The average molecular weight is 383 g/mol. The van der Waals surface area contributed by atoms with Gasteiger partial charge in [-0.2, -0.15) is 0 Å². The highest BCUT2D eigenvalue weighted by Crippen LogP contribution is 2.22. The van der Waals surface area contributed by atoms with E-state index >= 15 is 0 Å². The van der Waals surface area contributed by atoms with Crippen molar-refractivity contribution in [3.63, 3.8) is 0 Å². The molecule has 0 saturated carbocycles. The van der Waals surface area contributed by atoms with Crippen LogP contribution >= 0.6 is 0 Å². The van der Waals surface area contributed by atoms with Crippen molar-refractivity contribution in [2.75, 3.05) is 19.7 Å². The summed E-state index contributed by atoms with van der Waals surface area (Å²) in [5, 5.41) is 0. The van der Waals surface area contributed by atoms with Gasteiger partial charge in [-0.3, -0.25) is 9.59 Å². The molecule has 27 heavy (non-hydrogen) atoms. The topological polar surface area (TPSA) is 46.6 Å². The SMILES string of the molecule is CCOC(=O)CCN(CCC1=CCCCC1)C(=O)c1ccc(F)c(F)c1F. The quantitative estimate of drug-likeness (QED) is 0.380. The summed E-state index contributed by atoms with van der Waals surface area (Å²) < 4.78 is 45.5. The average Bonchev–Trinajstić information content (AvgIpc) is 2.67. The number of carbonyl (C=O) groups excluding carboxylic acids is 2.